The van der Waals surface area contributed by atoms with Crippen LogP contribution in [0.1, 0.15) is 11.1 Å². The fourth-order valence-electron chi connectivity index (χ4n) is 1.17. The Bertz CT molecular complexity index is 404. The maximum Gasteiger partial charge on any atom is 0.314 e. The SMILES string of the molecule is CNC(=O)NCc1cccc(/C(N)=N/O)c1. The summed E-state index contributed by atoms with van der Waals surface area (Å²) in [6, 6.07) is 6.82. The van der Waals surface area contributed by atoms with Gasteiger partial charge in [-0.15, -0.1) is 0 Å². The molecule has 0 fully saturated rings. The maximum absolute atomic E-state index is 10.9. The summed E-state index contributed by atoms with van der Waals surface area (Å²) in [4.78, 5) is 10.9. The van der Waals surface area contributed by atoms with E-state index in [0.29, 0.717) is 12.1 Å². The highest BCUT2D eigenvalue weighted by Gasteiger charge is 2.01. The van der Waals surface area contributed by atoms with Crippen molar-refractivity contribution < 1.29 is 10.0 Å². The van der Waals surface area contributed by atoms with E-state index in [0.717, 1.165) is 5.56 Å². The highest BCUT2D eigenvalue weighted by atomic mass is 16.4. The molecule has 0 aliphatic heterocycles. The Morgan fingerprint density at radius 1 is 1.56 bits per heavy atom. The van der Waals surface area contributed by atoms with Crippen molar-refractivity contribution >= 4 is 11.9 Å². The molecule has 0 aliphatic rings. The lowest BCUT2D eigenvalue weighted by Crippen LogP contribution is -2.32. The molecule has 6 heteroatoms. The average Bonchev–Trinajstić information content (AvgIpc) is 2.35. The number of hydrogen-bond donors (Lipinski definition) is 4. The number of nitrogens with one attached hydrogen (secondary N) is 2. The number of oxime groups is 1. The van der Waals surface area contributed by atoms with E-state index in [1.54, 1.807) is 25.2 Å². The van der Waals surface area contributed by atoms with Gasteiger partial charge in [0.25, 0.3) is 0 Å². The quantitative estimate of drug-likeness (QED) is 0.254. The van der Waals surface area contributed by atoms with Crippen molar-refractivity contribution in [1.29, 1.82) is 0 Å². The minimum Gasteiger partial charge on any atom is -0.409 e. The lowest BCUT2D eigenvalue weighted by molar-refractivity contribution is 0.242. The summed E-state index contributed by atoms with van der Waals surface area (Å²) in [6.45, 7) is 0.381. The van der Waals surface area contributed by atoms with Crippen molar-refractivity contribution in [1.82, 2.24) is 10.6 Å². The van der Waals surface area contributed by atoms with Crippen molar-refractivity contribution in [3.8, 4) is 0 Å². The number of nitrogens with zero attached hydrogens (tertiary/aromatic N) is 1. The molecule has 0 radical (unpaired) electrons. The molecule has 1 aromatic rings. The first-order valence-corrected chi connectivity index (χ1v) is 4.69. The minimum absolute atomic E-state index is 0.0433. The Kier molecular flexibility index (Phi) is 4.14. The molecule has 6 nitrogen and oxygen atoms in total. The normalized spacial score (nSPS) is 10.9. The van der Waals surface area contributed by atoms with Crippen LogP contribution in [-0.4, -0.2) is 24.1 Å². The Morgan fingerprint density at radius 3 is 2.94 bits per heavy atom. The minimum atomic E-state index is -0.255. The zero-order valence-corrected chi connectivity index (χ0v) is 8.90. The van der Waals surface area contributed by atoms with Crippen LogP contribution in [0.5, 0.6) is 0 Å². The molecule has 1 aromatic carbocycles. The maximum atomic E-state index is 10.9. The van der Waals surface area contributed by atoms with E-state index < -0.39 is 0 Å². The van der Waals surface area contributed by atoms with Crippen molar-refractivity contribution in [2.75, 3.05) is 7.05 Å². The standard InChI is InChI=1S/C10H14N4O2/c1-12-10(15)13-6-7-3-2-4-8(5-7)9(11)14-16/h2-5,16H,6H2,1H3,(H2,11,14)(H2,12,13,15). The second-order valence-electron chi connectivity index (χ2n) is 3.12. The predicted molar refractivity (Wildman–Crippen MR) is 60.2 cm³/mol. The average molecular weight is 222 g/mol. The van der Waals surface area contributed by atoms with Crippen LogP contribution in [-0.2, 0) is 6.54 Å². The molecule has 5 N–H and O–H groups in total. The third-order valence-corrected chi connectivity index (χ3v) is 2.01. The smallest absolute Gasteiger partial charge is 0.314 e. The number of carbonyl (C=O) groups is 1. The van der Waals surface area contributed by atoms with Gasteiger partial charge >= 0.3 is 6.03 Å². The molecule has 0 saturated heterocycles. The molecule has 0 atom stereocenters. The summed E-state index contributed by atoms with van der Waals surface area (Å²) in [6.07, 6.45) is 0. The van der Waals surface area contributed by atoms with Gasteiger partial charge in [-0.05, 0) is 11.6 Å². The van der Waals surface area contributed by atoms with Crippen molar-refractivity contribution in [2.45, 2.75) is 6.54 Å². The highest BCUT2D eigenvalue weighted by molar-refractivity contribution is 5.97. The third kappa shape index (κ3) is 3.16. The molecule has 1 rings (SSSR count). The summed E-state index contributed by atoms with van der Waals surface area (Å²) < 4.78 is 0. The predicted octanol–water partition coefficient (Wildman–Crippen LogP) is 0.210. The van der Waals surface area contributed by atoms with Crippen LogP contribution in [0, 0.1) is 0 Å². The summed E-state index contributed by atoms with van der Waals surface area (Å²) in [7, 11) is 1.54. The molecule has 86 valence electrons. The Morgan fingerprint density at radius 2 is 2.31 bits per heavy atom. The number of nitrogens with two attached hydrogens (primary N) is 1. The van der Waals surface area contributed by atoms with Crippen LogP contribution in [0.25, 0.3) is 0 Å². The van der Waals surface area contributed by atoms with Crippen LogP contribution < -0.4 is 16.4 Å². The van der Waals surface area contributed by atoms with E-state index in [9.17, 15) is 4.79 Å². The summed E-state index contributed by atoms with van der Waals surface area (Å²) in [5.41, 5.74) is 6.92. The number of hydrogen-bond acceptors (Lipinski definition) is 3. The van der Waals surface area contributed by atoms with Gasteiger partial charge in [-0.2, -0.15) is 0 Å². The van der Waals surface area contributed by atoms with Crippen LogP contribution in [0.4, 0.5) is 4.79 Å². The molecule has 0 unspecified atom stereocenters. The monoisotopic (exact) mass is 222 g/mol. The van der Waals surface area contributed by atoms with Crippen LogP contribution in [0.15, 0.2) is 29.4 Å². The molecule has 2 amide bonds. The Labute approximate surface area is 93.1 Å². The van der Waals surface area contributed by atoms with E-state index >= 15 is 0 Å². The van der Waals surface area contributed by atoms with E-state index in [2.05, 4.69) is 15.8 Å². The van der Waals surface area contributed by atoms with E-state index in [1.165, 1.54) is 0 Å². The lowest BCUT2D eigenvalue weighted by Gasteiger charge is -2.06. The van der Waals surface area contributed by atoms with Gasteiger partial charge in [-0.1, -0.05) is 23.4 Å². The van der Waals surface area contributed by atoms with Crippen molar-refractivity contribution in [3.63, 3.8) is 0 Å². The van der Waals surface area contributed by atoms with Gasteiger partial charge in [-0.25, -0.2) is 4.79 Å². The molecule has 0 spiro atoms. The summed E-state index contributed by atoms with van der Waals surface area (Å²) in [5, 5.41) is 16.5. The number of rotatable bonds is 3. The van der Waals surface area contributed by atoms with Gasteiger partial charge in [0.2, 0.25) is 0 Å². The van der Waals surface area contributed by atoms with Gasteiger partial charge in [0.15, 0.2) is 5.84 Å². The number of benzene rings is 1. The van der Waals surface area contributed by atoms with E-state index in [-0.39, 0.29) is 11.9 Å². The first kappa shape index (κ1) is 11.8. The summed E-state index contributed by atoms with van der Waals surface area (Å²) in [5.74, 6) is 0.0433. The zero-order valence-electron chi connectivity index (χ0n) is 8.90. The number of amides is 2. The van der Waals surface area contributed by atoms with Gasteiger partial charge in [0.1, 0.15) is 0 Å². The molecule has 0 heterocycles. The molecule has 0 bridgehead atoms. The largest absolute Gasteiger partial charge is 0.409 e. The Balaban J connectivity index is 2.71. The van der Waals surface area contributed by atoms with Crippen molar-refractivity contribution in [3.05, 3.63) is 35.4 Å². The molecular weight excluding hydrogens is 208 g/mol. The number of urea groups is 1. The number of amidine groups is 1. The number of carbonyl (C=O) groups excluding carboxylic acids is 1. The van der Waals surface area contributed by atoms with E-state index in [1.807, 2.05) is 6.07 Å². The first-order valence-electron chi connectivity index (χ1n) is 4.69. The molecule has 16 heavy (non-hydrogen) atoms. The second kappa shape index (κ2) is 5.59. The fraction of sp³-hybridized carbons (Fsp3) is 0.200. The van der Waals surface area contributed by atoms with Gasteiger partial charge < -0.3 is 21.6 Å². The zero-order chi connectivity index (χ0) is 12.0. The van der Waals surface area contributed by atoms with Gasteiger partial charge in [-0.3, -0.25) is 0 Å². The summed E-state index contributed by atoms with van der Waals surface area (Å²) >= 11 is 0. The lowest BCUT2D eigenvalue weighted by atomic mass is 10.1. The fourth-order valence-corrected chi connectivity index (χ4v) is 1.17. The third-order valence-electron chi connectivity index (χ3n) is 2.01. The molecule has 0 aromatic heterocycles. The molecule has 0 aliphatic carbocycles. The highest BCUT2D eigenvalue weighted by Crippen LogP contribution is 2.04. The van der Waals surface area contributed by atoms with Crippen LogP contribution >= 0.6 is 0 Å². The van der Waals surface area contributed by atoms with E-state index in [4.69, 9.17) is 10.9 Å². The van der Waals surface area contributed by atoms with Crippen LogP contribution in [0.3, 0.4) is 0 Å². The van der Waals surface area contributed by atoms with Gasteiger partial charge in [0.05, 0.1) is 0 Å². The molecule has 0 saturated carbocycles. The first-order chi connectivity index (χ1) is 7.67. The van der Waals surface area contributed by atoms with Crippen molar-refractivity contribution in [2.24, 2.45) is 10.9 Å². The second-order valence-corrected chi connectivity index (χ2v) is 3.12. The van der Waals surface area contributed by atoms with Gasteiger partial charge in [0, 0.05) is 19.2 Å². The Hall–Kier alpha value is -2.24. The van der Waals surface area contributed by atoms with Crippen LogP contribution in [0.2, 0.25) is 0 Å². The molecular formula is C10H14N4O2. The topological polar surface area (TPSA) is 99.7 Å².